The number of hydrogen-bond donors (Lipinski definition) is 2. The van der Waals surface area contributed by atoms with E-state index in [0.29, 0.717) is 11.6 Å². The summed E-state index contributed by atoms with van der Waals surface area (Å²) in [5, 5.41) is 7.95. The second-order valence-electron chi connectivity index (χ2n) is 8.26. The summed E-state index contributed by atoms with van der Waals surface area (Å²) >= 11 is 1.40. The molecule has 0 spiro atoms. The maximum Gasteiger partial charge on any atom is 0.325 e. The first kappa shape index (κ1) is 21.7. The van der Waals surface area contributed by atoms with Crippen molar-refractivity contribution >= 4 is 34.3 Å². The fourth-order valence-electron chi connectivity index (χ4n) is 3.68. The number of amides is 4. The first-order valence-electron chi connectivity index (χ1n) is 9.90. The van der Waals surface area contributed by atoms with Crippen molar-refractivity contribution in [3.63, 3.8) is 0 Å². The number of imide groups is 1. The third-order valence-electron chi connectivity index (χ3n) is 4.91. The minimum Gasteiger partial charge on any atom is -0.373 e. The van der Waals surface area contributed by atoms with Crippen molar-refractivity contribution in [1.29, 1.82) is 0 Å². The number of nitrogens with one attached hydrogen (secondary N) is 2. The van der Waals surface area contributed by atoms with Crippen LogP contribution in [0, 0.1) is 0 Å². The normalized spacial score (nSPS) is 24.6. The van der Waals surface area contributed by atoms with Crippen molar-refractivity contribution in [3.05, 3.63) is 11.1 Å². The van der Waals surface area contributed by atoms with E-state index in [0.717, 1.165) is 25.3 Å². The molecule has 2 aliphatic heterocycles. The van der Waals surface area contributed by atoms with Crippen molar-refractivity contribution in [2.75, 3.05) is 25.0 Å². The van der Waals surface area contributed by atoms with E-state index < -0.39 is 11.6 Å². The summed E-state index contributed by atoms with van der Waals surface area (Å²) in [4.78, 5) is 44.1. The number of morpholine rings is 1. The standard InChI is InChI=1S/C19H29N5O4S/c1-12-8-23(9-13(2)28-12)10-14-11-29-17(20-14)21-15(25)6-5-7-24-16(26)19(3,4)22-18(24)27/h11-13H,5-10H2,1-4H3,(H,22,27)(H,20,21,25)/t12-,13-/m0/s1. The highest BCUT2D eigenvalue weighted by Gasteiger charge is 2.43. The molecule has 9 nitrogen and oxygen atoms in total. The van der Waals surface area contributed by atoms with Crippen LogP contribution >= 0.6 is 11.3 Å². The van der Waals surface area contributed by atoms with Gasteiger partial charge in [-0.25, -0.2) is 9.78 Å². The van der Waals surface area contributed by atoms with Gasteiger partial charge in [0, 0.05) is 38.0 Å². The van der Waals surface area contributed by atoms with E-state index in [9.17, 15) is 14.4 Å². The number of nitrogens with zero attached hydrogens (tertiary/aromatic N) is 3. The second-order valence-corrected chi connectivity index (χ2v) is 9.12. The smallest absolute Gasteiger partial charge is 0.325 e. The minimum atomic E-state index is -0.882. The second kappa shape index (κ2) is 8.76. The number of aromatic nitrogens is 1. The molecule has 2 saturated heterocycles. The van der Waals surface area contributed by atoms with Crippen molar-refractivity contribution in [2.45, 2.75) is 64.8 Å². The summed E-state index contributed by atoms with van der Waals surface area (Å²) in [6.07, 6.45) is 1.02. The molecule has 0 radical (unpaired) electrons. The van der Waals surface area contributed by atoms with Crippen LogP contribution in [0.1, 0.15) is 46.2 Å². The predicted molar refractivity (Wildman–Crippen MR) is 110 cm³/mol. The van der Waals surface area contributed by atoms with Gasteiger partial charge in [0.05, 0.1) is 17.9 Å². The number of urea groups is 1. The van der Waals surface area contributed by atoms with Gasteiger partial charge in [-0.05, 0) is 34.1 Å². The lowest BCUT2D eigenvalue weighted by Gasteiger charge is -2.34. The average Bonchev–Trinajstić information content (AvgIpc) is 3.10. The Labute approximate surface area is 174 Å². The Kier molecular flexibility index (Phi) is 6.55. The summed E-state index contributed by atoms with van der Waals surface area (Å²) in [5.41, 5.74) is 0.0420. The van der Waals surface area contributed by atoms with Crippen LogP contribution in [0.3, 0.4) is 0 Å². The molecule has 1 aromatic rings. The van der Waals surface area contributed by atoms with Crippen molar-refractivity contribution < 1.29 is 19.1 Å². The van der Waals surface area contributed by atoms with Gasteiger partial charge in [-0.3, -0.25) is 19.4 Å². The number of anilines is 1. The summed E-state index contributed by atoms with van der Waals surface area (Å²) in [5.74, 6) is -0.440. The molecule has 2 atom stereocenters. The average molecular weight is 424 g/mol. The Morgan fingerprint density at radius 2 is 2.03 bits per heavy atom. The molecule has 2 fully saturated rings. The third-order valence-corrected chi connectivity index (χ3v) is 5.72. The van der Waals surface area contributed by atoms with Crippen molar-refractivity contribution in [3.8, 4) is 0 Å². The first-order valence-corrected chi connectivity index (χ1v) is 10.8. The van der Waals surface area contributed by atoms with Crippen LogP contribution in [0.2, 0.25) is 0 Å². The van der Waals surface area contributed by atoms with Gasteiger partial charge in [0.2, 0.25) is 5.91 Å². The summed E-state index contributed by atoms with van der Waals surface area (Å²) in [6.45, 7) is 10.1. The highest BCUT2D eigenvalue weighted by Crippen LogP contribution is 2.20. The molecule has 0 bridgehead atoms. The molecule has 0 aliphatic carbocycles. The van der Waals surface area contributed by atoms with Gasteiger partial charge in [0.25, 0.3) is 5.91 Å². The lowest BCUT2D eigenvalue weighted by Crippen LogP contribution is -2.44. The predicted octanol–water partition coefficient (Wildman–Crippen LogP) is 1.80. The molecular weight excluding hydrogens is 394 g/mol. The molecule has 2 N–H and O–H groups in total. The molecule has 1 aromatic heterocycles. The number of rotatable bonds is 7. The summed E-state index contributed by atoms with van der Waals surface area (Å²) in [6, 6.07) is -0.406. The van der Waals surface area contributed by atoms with Crippen LogP contribution in [0.4, 0.5) is 9.93 Å². The zero-order valence-corrected chi connectivity index (χ0v) is 18.2. The van der Waals surface area contributed by atoms with Gasteiger partial charge in [-0.15, -0.1) is 11.3 Å². The maximum atomic E-state index is 12.2. The Bertz CT molecular complexity index is 770. The quantitative estimate of drug-likeness (QED) is 0.648. The van der Waals surface area contributed by atoms with Gasteiger partial charge in [-0.1, -0.05) is 0 Å². The molecule has 2 aliphatic rings. The number of hydrogen-bond acceptors (Lipinski definition) is 7. The number of ether oxygens (including phenoxy) is 1. The highest BCUT2D eigenvalue weighted by molar-refractivity contribution is 7.13. The molecule has 160 valence electrons. The molecular formula is C19H29N5O4S. The SMILES string of the molecule is C[C@H]1CN(Cc2csc(NC(=O)CCCN3C(=O)NC(C)(C)C3=O)n2)C[C@H](C)O1. The topological polar surface area (TPSA) is 104 Å². The minimum absolute atomic E-state index is 0.175. The van der Waals surface area contributed by atoms with Crippen molar-refractivity contribution in [1.82, 2.24) is 20.1 Å². The molecule has 3 heterocycles. The zero-order valence-electron chi connectivity index (χ0n) is 17.4. The van der Waals surface area contributed by atoms with Crippen LogP contribution in [-0.4, -0.2) is 70.0 Å². The molecule has 10 heteroatoms. The van der Waals surface area contributed by atoms with Gasteiger partial charge < -0.3 is 15.4 Å². The van der Waals surface area contributed by atoms with Crippen LogP contribution in [0.25, 0.3) is 0 Å². The molecule has 29 heavy (non-hydrogen) atoms. The van der Waals surface area contributed by atoms with Crippen LogP contribution in [0.15, 0.2) is 5.38 Å². The molecule has 0 saturated carbocycles. The fourth-order valence-corrected chi connectivity index (χ4v) is 4.40. The Hall–Kier alpha value is -2.04. The summed E-state index contributed by atoms with van der Waals surface area (Å²) in [7, 11) is 0. The molecule has 0 aromatic carbocycles. The molecule has 4 amide bonds. The highest BCUT2D eigenvalue weighted by atomic mass is 32.1. The van der Waals surface area contributed by atoms with Gasteiger partial charge in [0.1, 0.15) is 5.54 Å². The lowest BCUT2D eigenvalue weighted by atomic mass is 10.1. The maximum absolute atomic E-state index is 12.2. The molecule has 0 unspecified atom stereocenters. The lowest BCUT2D eigenvalue weighted by molar-refractivity contribution is -0.130. The summed E-state index contributed by atoms with van der Waals surface area (Å²) < 4.78 is 5.74. The monoisotopic (exact) mass is 423 g/mol. The van der Waals surface area contributed by atoms with Gasteiger partial charge >= 0.3 is 6.03 Å². The van der Waals surface area contributed by atoms with Crippen LogP contribution in [0.5, 0.6) is 0 Å². The van der Waals surface area contributed by atoms with E-state index in [1.165, 1.54) is 16.2 Å². The van der Waals surface area contributed by atoms with E-state index in [2.05, 4.69) is 34.4 Å². The van der Waals surface area contributed by atoms with E-state index in [1.807, 2.05) is 5.38 Å². The zero-order chi connectivity index (χ0) is 21.2. The van der Waals surface area contributed by atoms with Gasteiger partial charge in [0.15, 0.2) is 5.13 Å². The first-order chi connectivity index (χ1) is 13.6. The Morgan fingerprint density at radius 3 is 2.66 bits per heavy atom. The van der Waals surface area contributed by atoms with E-state index in [4.69, 9.17) is 4.74 Å². The van der Waals surface area contributed by atoms with E-state index >= 15 is 0 Å². The third kappa shape index (κ3) is 5.52. The Balaban J connectivity index is 1.42. The largest absolute Gasteiger partial charge is 0.373 e. The van der Waals surface area contributed by atoms with Crippen molar-refractivity contribution in [2.24, 2.45) is 0 Å². The number of thiazole rings is 1. The Morgan fingerprint density at radius 1 is 1.34 bits per heavy atom. The van der Waals surface area contributed by atoms with Gasteiger partial charge in [-0.2, -0.15) is 0 Å². The van der Waals surface area contributed by atoms with E-state index in [-0.39, 0.29) is 37.0 Å². The number of carbonyl (C=O) groups is 3. The van der Waals surface area contributed by atoms with Crippen LogP contribution in [-0.2, 0) is 20.9 Å². The van der Waals surface area contributed by atoms with E-state index in [1.54, 1.807) is 13.8 Å². The molecule has 3 rings (SSSR count). The number of carbonyl (C=O) groups excluding carboxylic acids is 3. The fraction of sp³-hybridized carbons (Fsp3) is 0.684. The van der Waals surface area contributed by atoms with Crippen LogP contribution < -0.4 is 10.6 Å².